The SMILES string of the molecule is CO/N=C(\C(=O)N[C@@H]1C(=O)N2C(C(=O)[O-])=C(C[N+]3(C)CCC(O)C3)CS[C@H]12)c1csc(N)n1. The van der Waals surface area contributed by atoms with Crippen molar-refractivity contribution in [2.45, 2.75) is 23.9 Å². The number of hydrogen-bond donors (Lipinski definition) is 3. The number of nitrogens with two attached hydrogens (primary N) is 1. The molecular formula is C19H24N6O6S2. The van der Waals surface area contributed by atoms with E-state index in [4.69, 9.17) is 10.6 Å². The Morgan fingerprint density at radius 1 is 1.52 bits per heavy atom. The number of nitrogens with one attached hydrogen (secondary N) is 1. The van der Waals surface area contributed by atoms with Crippen LogP contribution in [-0.2, 0) is 19.2 Å². The fraction of sp³-hybridized carbons (Fsp3) is 0.526. The zero-order valence-corrected chi connectivity index (χ0v) is 19.6. The Kier molecular flexibility index (Phi) is 6.35. The van der Waals surface area contributed by atoms with Crippen LogP contribution in [0.2, 0.25) is 0 Å². The third kappa shape index (κ3) is 4.43. The normalized spacial score (nSPS) is 29.5. The highest BCUT2D eigenvalue weighted by atomic mass is 32.2. The maximum absolute atomic E-state index is 12.9. The molecule has 0 spiro atoms. The number of nitrogen functional groups attached to an aromatic ring is 1. The largest absolute Gasteiger partial charge is 0.543 e. The summed E-state index contributed by atoms with van der Waals surface area (Å²) < 4.78 is 0.494. The van der Waals surface area contributed by atoms with Gasteiger partial charge in [-0.15, -0.1) is 23.1 Å². The molecule has 4 atom stereocenters. The van der Waals surface area contributed by atoms with Crippen molar-refractivity contribution in [2.24, 2.45) is 5.16 Å². The highest BCUT2D eigenvalue weighted by molar-refractivity contribution is 8.00. The second-order valence-electron chi connectivity index (χ2n) is 8.42. The molecule has 0 saturated carbocycles. The zero-order chi connectivity index (χ0) is 23.9. The van der Waals surface area contributed by atoms with Crippen LogP contribution >= 0.6 is 23.1 Å². The number of carboxylic acids is 1. The number of carboxylic acid groups (broad SMARTS) is 1. The molecule has 0 aliphatic carbocycles. The number of amides is 2. The first kappa shape index (κ1) is 23.5. The summed E-state index contributed by atoms with van der Waals surface area (Å²) >= 11 is 2.49. The highest BCUT2D eigenvalue weighted by Crippen LogP contribution is 2.41. The van der Waals surface area contributed by atoms with Gasteiger partial charge in [-0.05, 0) is 0 Å². The lowest BCUT2D eigenvalue weighted by Crippen LogP contribution is -2.71. The summed E-state index contributed by atoms with van der Waals surface area (Å²) in [5.41, 5.74) is 6.14. The quantitative estimate of drug-likeness (QED) is 0.162. The summed E-state index contributed by atoms with van der Waals surface area (Å²) in [6, 6.07) is -0.935. The molecule has 4 heterocycles. The number of likely N-dealkylation sites (N-methyl/N-ethyl adjacent to an activating group) is 1. The second kappa shape index (κ2) is 8.93. The number of carbonyl (C=O) groups is 3. The van der Waals surface area contributed by atoms with E-state index < -0.39 is 35.3 Å². The smallest absolute Gasteiger partial charge is 0.276 e. The number of likely N-dealkylation sites (tertiary alicyclic amines) is 1. The van der Waals surface area contributed by atoms with E-state index in [1.54, 1.807) is 5.38 Å². The van der Waals surface area contributed by atoms with Crippen LogP contribution in [0.4, 0.5) is 5.13 Å². The molecular weight excluding hydrogens is 472 g/mol. The number of nitrogens with zero attached hydrogens (tertiary/aromatic N) is 4. The summed E-state index contributed by atoms with van der Waals surface area (Å²) in [6.07, 6.45) is 0.222. The number of aliphatic carboxylic acids is 1. The lowest BCUT2D eigenvalue weighted by Gasteiger charge is -2.51. The van der Waals surface area contributed by atoms with Crippen molar-refractivity contribution in [3.8, 4) is 0 Å². The monoisotopic (exact) mass is 496 g/mol. The number of β-lactam (4-membered cyclic amide) rings is 1. The van der Waals surface area contributed by atoms with Crippen molar-refractivity contribution in [1.29, 1.82) is 0 Å². The van der Waals surface area contributed by atoms with Crippen LogP contribution in [0.25, 0.3) is 0 Å². The van der Waals surface area contributed by atoms with Crippen LogP contribution in [0.5, 0.6) is 0 Å². The molecule has 2 amide bonds. The van der Waals surface area contributed by atoms with Crippen molar-refractivity contribution >= 4 is 51.7 Å². The minimum atomic E-state index is -1.43. The van der Waals surface area contributed by atoms with E-state index in [0.29, 0.717) is 41.9 Å². The standard InChI is InChI=1S/C19H24N6O6S2/c1-25(4-3-10(26)6-25)5-9-7-32-17-13(16(28)24(17)14(9)18(29)30)22-15(27)12(23-31-2)11-8-33-19(20)21-11/h8,10,13,17,26H,3-7H2,1-2H3,(H3-,20,21,22,27,29,30)/b23-12-/t10?,13-,17-,25?/m1/s1. The van der Waals surface area contributed by atoms with Gasteiger partial charge in [0.1, 0.15) is 43.4 Å². The topological polar surface area (TPSA) is 170 Å². The summed E-state index contributed by atoms with van der Waals surface area (Å²) in [5, 5.41) is 29.4. The molecule has 2 fully saturated rings. The van der Waals surface area contributed by atoms with Gasteiger partial charge in [0.15, 0.2) is 10.8 Å². The molecule has 0 radical (unpaired) electrons. The summed E-state index contributed by atoms with van der Waals surface area (Å²) in [5.74, 6) is -2.29. The van der Waals surface area contributed by atoms with Gasteiger partial charge in [-0.2, -0.15) is 0 Å². The van der Waals surface area contributed by atoms with E-state index in [2.05, 4.69) is 15.5 Å². The molecule has 0 aromatic carbocycles. The van der Waals surface area contributed by atoms with Gasteiger partial charge in [0.2, 0.25) is 0 Å². The first-order valence-electron chi connectivity index (χ1n) is 10.2. The van der Waals surface area contributed by atoms with Gasteiger partial charge in [0.25, 0.3) is 11.8 Å². The molecule has 14 heteroatoms. The predicted octanol–water partition coefficient (Wildman–Crippen LogP) is -2.31. The fourth-order valence-corrected chi connectivity index (χ4v) is 6.33. The lowest BCUT2D eigenvalue weighted by atomic mass is 10.0. The minimum absolute atomic E-state index is 0.140. The average molecular weight is 497 g/mol. The molecule has 4 N–H and O–H groups in total. The highest BCUT2D eigenvalue weighted by Gasteiger charge is 2.54. The van der Waals surface area contributed by atoms with E-state index in [-0.39, 0.29) is 22.2 Å². The Labute approximate surface area is 197 Å². The Bertz CT molecular complexity index is 1060. The van der Waals surface area contributed by atoms with Crippen LogP contribution in [0.3, 0.4) is 0 Å². The van der Waals surface area contributed by atoms with E-state index in [1.807, 2.05) is 7.05 Å². The molecule has 3 aliphatic heterocycles. The number of rotatable bonds is 7. The van der Waals surface area contributed by atoms with Gasteiger partial charge in [-0.25, -0.2) is 4.98 Å². The van der Waals surface area contributed by atoms with Crippen LogP contribution < -0.4 is 16.2 Å². The summed E-state index contributed by atoms with van der Waals surface area (Å²) in [7, 11) is 3.23. The van der Waals surface area contributed by atoms with Gasteiger partial charge < -0.3 is 35.4 Å². The third-order valence-corrected chi connectivity index (χ3v) is 7.93. The van der Waals surface area contributed by atoms with Gasteiger partial charge in [0, 0.05) is 23.1 Å². The van der Waals surface area contributed by atoms with Gasteiger partial charge in [-0.1, -0.05) is 5.16 Å². The Hall–Kier alpha value is -2.68. The van der Waals surface area contributed by atoms with Gasteiger partial charge >= 0.3 is 0 Å². The van der Waals surface area contributed by atoms with E-state index in [9.17, 15) is 24.6 Å². The van der Waals surface area contributed by atoms with Crippen molar-refractivity contribution in [3.05, 3.63) is 22.3 Å². The molecule has 1 aromatic heterocycles. The van der Waals surface area contributed by atoms with E-state index in [0.717, 1.165) is 11.3 Å². The first-order chi connectivity index (χ1) is 15.6. The van der Waals surface area contributed by atoms with Crippen LogP contribution in [-0.4, -0.2) is 100 Å². The molecule has 33 heavy (non-hydrogen) atoms. The summed E-state index contributed by atoms with van der Waals surface area (Å²) in [4.78, 5) is 47.6. The van der Waals surface area contributed by atoms with Gasteiger partial charge in [0.05, 0.1) is 25.3 Å². The number of quaternary nitrogens is 1. The number of anilines is 1. The number of thiazole rings is 1. The molecule has 4 rings (SSSR count). The second-order valence-corrected chi connectivity index (χ2v) is 10.4. The maximum Gasteiger partial charge on any atom is 0.276 e. The number of fused-ring (bicyclic) bond motifs is 1. The molecule has 12 nitrogen and oxygen atoms in total. The number of aromatic nitrogens is 1. The first-order valence-corrected chi connectivity index (χ1v) is 12.1. The Morgan fingerprint density at radius 2 is 2.27 bits per heavy atom. The molecule has 178 valence electrons. The maximum atomic E-state index is 12.9. The lowest BCUT2D eigenvalue weighted by molar-refractivity contribution is -0.894. The zero-order valence-electron chi connectivity index (χ0n) is 18.0. The molecule has 1 aromatic rings. The number of aliphatic hydroxyl groups is 1. The molecule has 0 bridgehead atoms. The van der Waals surface area contributed by atoms with Crippen molar-refractivity contribution in [2.75, 3.05) is 45.3 Å². The fourth-order valence-electron chi connectivity index (χ4n) is 4.45. The van der Waals surface area contributed by atoms with Crippen LogP contribution in [0.15, 0.2) is 21.8 Å². The molecule has 2 unspecified atom stereocenters. The van der Waals surface area contributed by atoms with E-state index in [1.165, 1.54) is 23.8 Å². The van der Waals surface area contributed by atoms with Crippen molar-refractivity contribution < 1.29 is 33.9 Å². The Morgan fingerprint density at radius 3 is 2.85 bits per heavy atom. The number of thioether (sulfide) groups is 1. The van der Waals surface area contributed by atoms with Crippen LogP contribution in [0.1, 0.15) is 12.1 Å². The summed E-state index contributed by atoms with van der Waals surface area (Å²) in [6.45, 7) is 1.64. The number of aliphatic hydroxyl groups excluding tert-OH is 1. The number of oxime groups is 1. The predicted molar refractivity (Wildman–Crippen MR) is 119 cm³/mol. The number of carbonyl (C=O) groups excluding carboxylic acids is 3. The van der Waals surface area contributed by atoms with Crippen molar-refractivity contribution in [1.82, 2.24) is 15.2 Å². The molecule has 2 saturated heterocycles. The average Bonchev–Trinajstić information content (AvgIpc) is 3.34. The molecule has 3 aliphatic rings. The van der Waals surface area contributed by atoms with Gasteiger partial charge in [-0.3, -0.25) is 14.5 Å². The number of hydrogen-bond acceptors (Lipinski definition) is 11. The third-order valence-electron chi connectivity index (χ3n) is 5.92. The Balaban J connectivity index is 1.51. The van der Waals surface area contributed by atoms with E-state index >= 15 is 0 Å². The van der Waals surface area contributed by atoms with Crippen LogP contribution in [0, 0.1) is 0 Å². The minimum Gasteiger partial charge on any atom is -0.543 e. The van der Waals surface area contributed by atoms with Crippen molar-refractivity contribution in [3.63, 3.8) is 0 Å².